The minimum absolute atomic E-state index is 0.0806. The highest BCUT2D eigenvalue weighted by molar-refractivity contribution is 5.85. The Labute approximate surface area is 196 Å². The van der Waals surface area contributed by atoms with Crippen LogP contribution in [0.2, 0.25) is 0 Å². The molecule has 2 heterocycles. The van der Waals surface area contributed by atoms with Crippen LogP contribution in [0.15, 0.2) is 23.0 Å². The van der Waals surface area contributed by atoms with Gasteiger partial charge in [0.15, 0.2) is 0 Å². The van der Waals surface area contributed by atoms with Crippen molar-refractivity contribution in [1.29, 1.82) is 0 Å². The lowest BCUT2D eigenvalue weighted by Gasteiger charge is -2.36. The number of likely N-dealkylation sites (tertiary alicyclic amines) is 1. The molecule has 3 rings (SSSR count). The van der Waals surface area contributed by atoms with Crippen LogP contribution in [0.5, 0.6) is 0 Å². The molecule has 1 saturated heterocycles. The van der Waals surface area contributed by atoms with Gasteiger partial charge in [0, 0.05) is 18.5 Å². The highest BCUT2D eigenvalue weighted by atomic mass is 19.4. The number of alkyl halides is 3. The Bertz CT molecular complexity index is 1080. The van der Waals surface area contributed by atoms with E-state index in [1.54, 1.807) is 13.8 Å². The number of aliphatic hydroxyl groups excluding tert-OH is 1. The third-order valence-corrected chi connectivity index (χ3v) is 6.19. The molecule has 1 aliphatic heterocycles. The lowest BCUT2D eigenvalue weighted by molar-refractivity contribution is -0.137. The van der Waals surface area contributed by atoms with Crippen molar-refractivity contribution in [1.82, 2.24) is 20.0 Å². The number of aliphatic hydroxyl groups is 1. The smallest absolute Gasteiger partial charge is 0.391 e. The number of hydrogen-bond donors (Lipinski definition) is 2. The fraction of sp³-hybridized carbons (Fsp3) is 0.625. The average molecular weight is 483 g/mol. The zero-order valence-electron chi connectivity index (χ0n) is 20.0. The summed E-state index contributed by atoms with van der Waals surface area (Å²) in [6.07, 6.45) is -3.68. The van der Waals surface area contributed by atoms with Crippen LogP contribution in [0.1, 0.15) is 57.7 Å². The van der Waals surface area contributed by atoms with E-state index in [2.05, 4.69) is 29.2 Å². The van der Waals surface area contributed by atoms with Gasteiger partial charge in [0.2, 0.25) is 5.91 Å². The molecule has 0 radical (unpaired) electrons. The molecule has 0 saturated carbocycles. The Balaban J connectivity index is 1.82. The van der Waals surface area contributed by atoms with Crippen molar-refractivity contribution in [2.75, 3.05) is 19.6 Å². The van der Waals surface area contributed by atoms with Gasteiger partial charge < -0.3 is 15.3 Å². The van der Waals surface area contributed by atoms with Crippen molar-refractivity contribution in [3.8, 4) is 0 Å². The summed E-state index contributed by atoms with van der Waals surface area (Å²) >= 11 is 0. The highest BCUT2D eigenvalue weighted by Crippen LogP contribution is 2.32. The Morgan fingerprint density at radius 1 is 1.24 bits per heavy atom. The third kappa shape index (κ3) is 6.15. The maximum Gasteiger partial charge on any atom is 0.416 e. The molecule has 0 spiro atoms. The number of carbonyl (C=O) groups is 1. The standard InChI is InChI=1S/C24H33F3N4O3/c1-14(2)7-9-30-10-8-20(32)19(12-30)28-21(33)13-31-23(34)17-6-5-16(24(25,26)27)11-18(17)22(29-31)15(3)4/h5-6,11,14-15,19-20,32H,7-10,12-13H2,1-4H3,(H,28,33). The zero-order chi connectivity index (χ0) is 25.2. The normalized spacial score (nSPS) is 19.8. The molecule has 2 atom stereocenters. The molecule has 34 heavy (non-hydrogen) atoms. The predicted molar refractivity (Wildman–Crippen MR) is 124 cm³/mol. The van der Waals surface area contributed by atoms with Gasteiger partial charge in [-0.2, -0.15) is 18.3 Å². The fourth-order valence-corrected chi connectivity index (χ4v) is 4.20. The van der Waals surface area contributed by atoms with Gasteiger partial charge >= 0.3 is 6.18 Å². The van der Waals surface area contributed by atoms with Gasteiger partial charge in [-0.25, -0.2) is 4.68 Å². The van der Waals surface area contributed by atoms with Crippen LogP contribution in [-0.2, 0) is 17.5 Å². The summed E-state index contributed by atoms with van der Waals surface area (Å²) in [6.45, 7) is 9.57. The van der Waals surface area contributed by atoms with Crippen LogP contribution in [-0.4, -0.2) is 57.5 Å². The molecule has 0 aliphatic carbocycles. The minimum atomic E-state index is -4.54. The van der Waals surface area contributed by atoms with E-state index in [0.29, 0.717) is 24.6 Å². The van der Waals surface area contributed by atoms with Crippen molar-refractivity contribution < 1.29 is 23.1 Å². The van der Waals surface area contributed by atoms with Gasteiger partial charge in [-0.05, 0) is 49.4 Å². The molecule has 1 aliphatic rings. The number of carbonyl (C=O) groups excluding carboxylic acids is 1. The van der Waals surface area contributed by atoms with Crippen LogP contribution in [0.4, 0.5) is 13.2 Å². The first-order valence-corrected chi connectivity index (χ1v) is 11.7. The highest BCUT2D eigenvalue weighted by Gasteiger charge is 2.32. The number of hydrogen-bond acceptors (Lipinski definition) is 5. The van der Waals surface area contributed by atoms with Crippen LogP contribution < -0.4 is 10.9 Å². The van der Waals surface area contributed by atoms with E-state index < -0.39 is 35.4 Å². The van der Waals surface area contributed by atoms with Gasteiger partial charge in [0.05, 0.1) is 28.8 Å². The van der Waals surface area contributed by atoms with E-state index in [-0.39, 0.29) is 23.2 Å². The molecule has 1 aromatic carbocycles. The number of nitrogens with one attached hydrogen (secondary N) is 1. The molecule has 2 N–H and O–H groups in total. The number of piperidine rings is 1. The average Bonchev–Trinajstić information content (AvgIpc) is 2.75. The molecule has 188 valence electrons. The van der Waals surface area contributed by atoms with E-state index in [0.717, 1.165) is 42.4 Å². The van der Waals surface area contributed by atoms with Crippen molar-refractivity contribution in [2.45, 2.75) is 71.3 Å². The number of benzene rings is 1. The maximum atomic E-state index is 13.2. The Kier molecular flexibility index (Phi) is 8.02. The summed E-state index contributed by atoms with van der Waals surface area (Å²) in [5.74, 6) is -0.200. The summed E-state index contributed by atoms with van der Waals surface area (Å²) in [5.41, 5.74) is -1.18. The molecule has 2 unspecified atom stereocenters. The largest absolute Gasteiger partial charge is 0.416 e. The number of aromatic nitrogens is 2. The van der Waals surface area contributed by atoms with E-state index in [1.807, 2.05) is 0 Å². The number of amides is 1. The van der Waals surface area contributed by atoms with Crippen LogP contribution >= 0.6 is 0 Å². The van der Waals surface area contributed by atoms with Crippen molar-refractivity contribution in [3.05, 3.63) is 39.8 Å². The van der Waals surface area contributed by atoms with E-state index in [9.17, 15) is 27.9 Å². The van der Waals surface area contributed by atoms with Gasteiger partial charge in [-0.1, -0.05) is 27.7 Å². The predicted octanol–water partition coefficient (Wildman–Crippen LogP) is 3.14. The van der Waals surface area contributed by atoms with Crippen LogP contribution in [0.25, 0.3) is 10.8 Å². The van der Waals surface area contributed by atoms with Gasteiger partial charge in [0.1, 0.15) is 6.54 Å². The maximum absolute atomic E-state index is 13.2. The molecule has 2 aromatic rings. The minimum Gasteiger partial charge on any atom is -0.391 e. The Hall–Kier alpha value is -2.46. The zero-order valence-corrected chi connectivity index (χ0v) is 20.0. The molecular weight excluding hydrogens is 449 g/mol. The summed E-state index contributed by atoms with van der Waals surface area (Å²) < 4.78 is 40.6. The summed E-state index contributed by atoms with van der Waals surface area (Å²) in [4.78, 5) is 27.9. The number of fused-ring (bicyclic) bond motifs is 1. The number of nitrogens with zero attached hydrogens (tertiary/aromatic N) is 3. The lowest BCUT2D eigenvalue weighted by Crippen LogP contribution is -2.56. The first-order chi connectivity index (χ1) is 15.9. The van der Waals surface area contributed by atoms with Gasteiger partial charge in [-0.15, -0.1) is 0 Å². The van der Waals surface area contributed by atoms with Crippen molar-refractivity contribution >= 4 is 16.7 Å². The van der Waals surface area contributed by atoms with Gasteiger partial charge in [-0.3, -0.25) is 9.59 Å². The summed E-state index contributed by atoms with van der Waals surface area (Å²) in [7, 11) is 0. The topological polar surface area (TPSA) is 87.5 Å². The van der Waals surface area contributed by atoms with Crippen LogP contribution in [0, 0.1) is 5.92 Å². The number of rotatable bonds is 7. The second-order valence-electron chi connectivity index (χ2n) is 9.77. The Morgan fingerprint density at radius 3 is 2.56 bits per heavy atom. The molecule has 7 nitrogen and oxygen atoms in total. The number of halogens is 3. The SMILES string of the molecule is CC(C)CCN1CCC(O)C(NC(=O)Cn2nc(C(C)C)c3cc(C(F)(F)F)ccc3c2=O)C1. The van der Waals surface area contributed by atoms with Crippen molar-refractivity contribution in [2.24, 2.45) is 5.92 Å². The van der Waals surface area contributed by atoms with E-state index in [1.165, 1.54) is 0 Å². The second kappa shape index (κ2) is 10.4. The Morgan fingerprint density at radius 2 is 1.94 bits per heavy atom. The van der Waals surface area contributed by atoms with E-state index in [4.69, 9.17) is 0 Å². The van der Waals surface area contributed by atoms with Crippen LogP contribution in [0.3, 0.4) is 0 Å². The first kappa shape index (κ1) is 26.2. The fourth-order valence-electron chi connectivity index (χ4n) is 4.20. The molecule has 1 aromatic heterocycles. The summed E-state index contributed by atoms with van der Waals surface area (Å²) in [6, 6.07) is 2.47. The lowest BCUT2D eigenvalue weighted by atomic mass is 10.0. The molecule has 0 bridgehead atoms. The first-order valence-electron chi connectivity index (χ1n) is 11.7. The van der Waals surface area contributed by atoms with Gasteiger partial charge in [0.25, 0.3) is 5.56 Å². The second-order valence-corrected chi connectivity index (χ2v) is 9.77. The monoisotopic (exact) mass is 482 g/mol. The van der Waals surface area contributed by atoms with E-state index >= 15 is 0 Å². The molecule has 10 heteroatoms. The molecule has 1 fully saturated rings. The molecule has 1 amide bonds. The molecular formula is C24H33F3N4O3. The third-order valence-electron chi connectivity index (χ3n) is 6.19. The van der Waals surface area contributed by atoms with Crippen molar-refractivity contribution in [3.63, 3.8) is 0 Å². The summed E-state index contributed by atoms with van der Waals surface area (Å²) in [5, 5.41) is 17.6. The quantitative estimate of drug-likeness (QED) is 0.633.